The Morgan fingerprint density at radius 2 is 1.76 bits per heavy atom. The van der Waals surface area contributed by atoms with Gasteiger partial charge < -0.3 is 15.4 Å². The fourth-order valence-electron chi connectivity index (χ4n) is 4.26. The van der Waals surface area contributed by atoms with Crippen molar-refractivity contribution in [1.29, 1.82) is 0 Å². The van der Waals surface area contributed by atoms with E-state index in [0.29, 0.717) is 6.42 Å². The molecule has 146 valence electrons. The minimum Gasteiger partial charge on any atom is -0.497 e. The molecule has 2 N–H and O–H groups in total. The van der Waals surface area contributed by atoms with E-state index in [2.05, 4.69) is 40.3 Å². The van der Waals surface area contributed by atoms with E-state index in [4.69, 9.17) is 4.74 Å². The maximum Gasteiger partial charge on any atom is 0.163 e. The summed E-state index contributed by atoms with van der Waals surface area (Å²) in [5.41, 5.74) is 4.94. The molecule has 2 aromatic carbocycles. The van der Waals surface area contributed by atoms with Crippen molar-refractivity contribution in [3.8, 4) is 5.75 Å². The second kappa shape index (κ2) is 7.41. The zero-order valence-electron chi connectivity index (χ0n) is 16.1. The fourth-order valence-corrected chi connectivity index (χ4v) is 5.09. The van der Waals surface area contributed by atoms with Crippen LogP contribution in [0.3, 0.4) is 0 Å². The van der Waals surface area contributed by atoms with E-state index in [1.807, 2.05) is 36.4 Å². The predicted octanol–water partition coefficient (Wildman–Crippen LogP) is 5.74. The van der Waals surface area contributed by atoms with Crippen LogP contribution >= 0.6 is 11.3 Å². The largest absolute Gasteiger partial charge is 0.497 e. The monoisotopic (exact) mass is 402 g/mol. The number of fused-ring (bicyclic) bond motifs is 1. The number of allylic oxidation sites excluding steroid dienone is 1. The molecule has 0 spiro atoms. The summed E-state index contributed by atoms with van der Waals surface area (Å²) in [6, 6.07) is 20.1. The first-order chi connectivity index (χ1) is 14.2. The van der Waals surface area contributed by atoms with Gasteiger partial charge in [0.25, 0.3) is 0 Å². The van der Waals surface area contributed by atoms with Crippen molar-refractivity contribution < 1.29 is 9.53 Å². The number of ketones is 1. The zero-order valence-corrected chi connectivity index (χ0v) is 17.0. The van der Waals surface area contributed by atoms with E-state index < -0.39 is 0 Å². The van der Waals surface area contributed by atoms with Gasteiger partial charge in [-0.25, -0.2) is 0 Å². The van der Waals surface area contributed by atoms with Crippen LogP contribution in [0.25, 0.3) is 0 Å². The number of nitrogens with one attached hydrogen (secondary N) is 2. The normalized spacial score (nSPS) is 20.8. The van der Waals surface area contributed by atoms with Crippen molar-refractivity contribution in [2.45, 2.75) is 24.8 Å². The third-order valence-electron chi connectivity index (χ3n) is 5.70. The molecule has 5 rings (SSSR count). The van der Waals surface area contributed by atoms with Gasteiger partial charge in [0.15, 0.2) is 5.78 Å². The van der Waals surface area contributed by atoms with Crippen molar-refractivity contribution in [1.82, 2.24) is 0 Å². The number of methoxy groups -OCH3 is 1. The molecular formula is C24H22N2O2S. The smallest absolute Gasteiger partial charge is 0.163 e. The summed E-state index contributed by atoms with van der Waals surface area (Å²) in [7, 11) is 1.66. The standard InChI is InChI=1S/C24H22N2O2S/c1-28-17-10-8-15(9-11-17)24-23-20(25-18-5-2-3-6-19(18)26-24)13-16(14-21(23)27)22-7-4-12-29-22/h2-12,16,24-26H,13-14H2,1H3/t16-,24+/m1/s1. The first-order valence-electron chi connectivity index (χ1n) is 9.79. The number of benzene rings is 2. The van der Waals surface area contributed by atoms with Crippen LogP contribution in [0.2, 0.25) is 0 Å². The Morgan fingerprint density at radius 1 is 0.966 bits per heavy atom. The molecule has 2 aliphatic rings. The van der Waals surface area contributed by atoms with Crippen LogP contribution in [0.5, 0.6) is 5.75 Å². The first-order valence-corrected chi connectivity index (χ1v) is 10.7. The predicted molar refractivity (Wildman–Crippen MR) is 118 cm³/mol. The molecule has 0 saturated heterocycles. The molecule has 0 amide bonds. The topological polar surface area (TPSA) is 50.4 Å². The SMILES string of the molecule is COc1ccc([C@@H]2Nc3ccccc3NC3=C2C(=O)C[C@H](c2cccs2)C3)cc1. The summed E-state index contributed by atoms with van der Waals surface area (Å²) in [6.45, 7) is 0. The molecule has 0 fully saturated rings. The fraction of sp³-hybridized carbons (Fsp3) is 0.208. The molecule has 2 heterocycles. The number of Topliss-reactive ketones (excluding diaryl/α,β-unsaturated/α-hetero) is 1. The number of hydrogen-bond acceptors (Lipinski definition) is 5. The van der Waals surface area contributed by atoms with Crippen LogP contribution < -0.4 is 15.4 Å². The number of carbonyl (C=O) groups excluding carboxylic acids is 1. The molecule has 2 atom stereocenters. The number of anilines is 2. The molecule has 1 aliphatic carbocycles. The van der Waals surface area contributed by atoms with E-state index in [9.17, 15) is 4.79 Å². The van der Waals surface area contributed by atoms with Crippen LogP contribution in [0, 0.1) is 0 Å². The van der Waals surface area contributed by atoms with Crippen molar-refractivity contribution in [2.75, 3.05) is 17.7 Å². The summed E-state index contributed by atoms with van der Waals surface area (Å²) in [4.78, 5) is 14.7. The van der Waals surface area contributed by atoms with Crippen LogP contribution in [-0.2, 0) is 4.79 Å². The van der Waals surface area contributed by atoms with E-state index in [0.717, 1.165) is 40.4 Å². The molecule has 0 bridgehead atoms. The number of carbonyl (C=O) groups is 1. The third-order valence-corrected chi connectivity index (χ3v) is 6.74. The molecule has 1 aromatic heterocycles. The maximum absolute atomic E-state index is 13.4. The van der Waals surface area contributed by atoms with Gasteiger partial charge in [0.2, 0.25) is 0 Å². The Balaban J connectivity index is 1.60. The number of thiophene rings is 1. The lowest BCUT2D eigenvalue weighted by Crippen LogP contribution is -2.26. The van der Waals surface area contributed by atoms with Gasteiger partial charge in [-0.3, -0.25) is 4.79 Å². The molecule has 0 radical (unpaired) electrons. The minimum absolute atomic E-state index is 0.191. The van der Waals surface area contributed by atoms with E-state index in [1.54, 1.807) is 18.4 Å². The molecule has 1 aliphatic heterocycles. The van der Waals surface area contributed by atoms with Gasteiger partial charge in [-0.15, -0.1) is 11.3 Å². The Hall–Kier alpha value is -3.05. The van der Waals surface area contributed by atoms with Gasteiger partial charge in [0, 0.05) is 28.5 Å². The van der Waals surface area contributed by atoms with E-state index in [1.165, 1.54) is 4.88 Å². The van der Waals surface area contributed by atoms with Gasteiger partial charge in [0.1, 0.15) is 5.75 Å². The van der Waals surface area contributed by atoms with Gasteiger partial charge in [-0.05, 0) is 47.7 Å². The third kappa shape index (κ3) is 3.32. The molecule has 0 unspecified atom stereocenters. The van der Waals surface area contributed by atoms with Gasteiger partial charge >= 0.3 is 0 Å². The van der Waals surface area contributed by atoms with E-state index >= 15 is 0 Å². The Bertz CT molecular complexity index is 1070. The molecule has 4 nitrogen and oxygen atoms in total. The lowest BCUT2D eigenvalue weighted by molar-refractivity contribution is -0.116. The summed E-state index contributed by atoms with van der Waals surface area (Å²) in [5.74, 6) is 1.25. The summed E-state index contributed by atoms with van der Waals surface area (Å²) < 4.78 is 5.31. The molecular weight excluding hydrogens is 380 g/mol. The number of hydrogen-bond donors (Lipinski definition) is 2. The summed E-state index contributed by atoms with van der Waals surface area (Å²) >= 11 is 1.73. The van der Waals surface area contributed by atoms with Crippen LogP contribution in [0.4, 0.5) is 11.4 Å². The maximum atomic E-state index is 13.4. The quantitative estimate of drug-likeness (QED) is 0.587. The van der Waals surface area contributed by atoms with E-state index in [-0.39, 0.29) is 17.7 Å². The molecule has 5 heteroatoms. The average Bonchev–Trinajstić information content (AvgIpc) is 3.23. The number of para-hydroxylation sites is 2. The average molecular weight is 403 g/mol. The number of ether oxygens (including phenoxy) is 1. The van der Waals surface area contributed by atoms with Crippen molar-refractivity contribution in [3.05, 3.63) is 87.8 Å². The van der Waals surface area contributed by atoms with Crippen LogP contribution in [0.1, 0.15) is 35.2 Å². The summed E-state index contributed by atoms with van der Waals surface area (Å²) in [5, 5.41) is 9.28. The lowest BCUT2D eigenvalue weighted by atomic mass is 9.81. The summed E-state index contributed by atoms with van der Waals surface area (Å²) in [6.07, 6.45) is 1.38. The minimum atomic E-state index is -0.191. The highest BCUT2D eigenvalue weighted by molar-refractivity contribution is 7.10. The van der Waals surface area contributed by atoms with Crippen molar-refractivity contribution >= 4 is 28.5 Å². The second-order valence-corrected chi connectivity index (χ2v) is 8.44. The molecule has 0 saturated carbocycles. The van der Waals surface area contributed by atoms with Crippen LogP contribution in [-0.4, -0.2) is 12.9 Å². The van der Waals surface area contributed by atoms with Crippen LogP contribution in [0.15, 0.2) is 77.3 Å². The highest BCUT2D eigenvalue weighted by atomic mass is 32.1. The highest BCUT2D eigenvalue weighted by Gasteiger charge is 2.36. The number of rotatable bonds is 3. The van der Waals surface area contributed by atoms with Gasteiger partial charge in [-0.2, -0.15) is 0 Å². The van der Waals surface area contributed by atoms with Gasteiger partial charge in [-0.1, -0.05) is 30.3 Å². The van der Waals surface area contributed by atoms with Crippen molar-refractivity contribution in [3.63, 3.8) is 0 Å². The molecule has 29 heavy (non-hydrogen) atoms. The Kier molecular flexibility index (Phi) is 4.60. The first kappa shape index (κ1) is 18.0. The highest BCUT2D eigenvalue weighted by Crippen LogP contribution is 2.44. The van der Waals surface area contributed by atoms with Crippen molar-refractivity contribution in [2.24, 2.45) is 0 Å². The Labute approximate surface area is 174 Å². The van der Waals surface area contributed by atoms with Gasteiger partial charge in [0.05, 0.1) is 24.5 Å². The zero-order chi connectivity index (χ0) is 19.8. The Morgan fingerprint density at radius 3 is 2.48 bits per heavy atom. The molecule has 3 aromatic rings. The lowest BCUT2D eigenvalue weighted by Gasteiger charge is -2.29. The second-order valence-electron chi connectivity index (χ2n) is 7.46.